The highest BCUT2D eigenvalue weighted by atomic mass is 16.5. The van der Waals surface area contributed by atoms with Gasteiger partial charge in [0.2, 0.25) is 0 Å². The first-order valence-corrected chi connectivity index (χ1v) is 8.23. The first-order valence-electron chi connectivity index (χ1n) is 8.23. The molecule has 0 aromatic heterocycles. The summed E-state index contributed by atoms with van der Waals surface area (Å²) >= 11 is 0. The zero-order chi connectivity index (χ0) is 18.1. The SMILES string of the molecule is COC(=O)c1ccc(OCC(=O)N[C@H](C)CCc2ccccc2)cc1. The monoisotopic (exact) mass is 341 g/mol. The lowest BCUT2D eigenvalue weighted by molar-refractivity contribution is -0.123. The molecule has 2 rings (SSSR count). The van der Waals surface area contributed by atoms with Crippen LogP contribution in [0.25, 0.3) is 0 Å². The summed E-state index contributed by atoms with van der Waals surface area (Å²) in [6, 6.07) is 16.7. The molecule has 0 aliphatic carbocycles. The van der Waals surface area contributed by atoms with E-state index in [9.17, 15) is 9.59 Å². The van der Waals surface area contributed by atoms with Crippen LogP contribution in [-0.4, -0.2) is 31.6 Å². The maximum Gasteiger partial charge on any atom is 0.337 e. The quantitative estimate of drug-likeness (QED) is 0.750. The van der Waals surface area contributed by atoms with Gasteiger partial charge in [-0.15, -0.1) is 0 Å². The Morgan fingerprint density at radius 2 is 1.72 bits per heavy atom. The van der Waals surface area contributed by atoms with Crippen molar-refractivity contribution < 1.29 is 19.1 Å². The van der Waals surface area contributed by atoms with E-state index in [0.29, 0.717) is 11.3 Å². The maximum atomic E-state index is 11.9. The molecule has 1 amide bonds. The van der Waals surface area contributed by atoms with Crippen LogP contribution in [0, 0.1) is 0 Å². The molecule has 1 N–H and O–H groups in total. The number of benzene rings is 2. The van der Waals surface area contributed by atoms with Gasteiger partial charge in [0.25, 0.3) is 5.91 Å². The highest BCUT2D eigenvalue weighted by Crippen LogP contribution is 2.12. The molecule has 0 saturated heterocycles. The molecule has 132 valence electrons. The molecule has 5 heteroatoms. The van der Waals surface area contributed by atoms with Gasteiger partial charge < -0.3 is 14.8 Å². The number of methoxy groups -OCH3 is 1. The van der Waals surface area contributed by atoms with E-state index >= 15 is 0 Å². The Hall–Kier alpha value is -2.82. The summed E-state index contributed by atoms with van der Waals surface area (Å²) in [5.41, 5.74) is 1.69. The van der Waals surface area contributed by atoms with E-state index in [1.165, 1.54) is 12.7 Å². The van der Waals surface area contributed by atoms with Crippen molar-refractivity contribution in [3.63, 3.8) is 0 Å². The van der Waals surface area contributed by atoms with Crippen LogP contribution in [0.3, 0.4) is 0 Å². The Kier molecular flexibility index (Phi) is 7.01. The Morgan fingerprint density at radius 3 is 2.36 bits per heavy atom. The number of ether oxygens (including phenoxy) is 2. The van der Waals surface area contributed by atoms with E-state index in [1.807, 2.05) is 25.1 Å². The molecule has 0 unspecified atom stereocenters. The number of aryl methyl sites for hydroxylation is 1. The number of hydrogen-bond donors (Lipinski definition) is 1. The molecular weight excluding hydrogens is 318 g/mol. The zero-order valence-corrected chi connectivity index (χ0v) is 14.5. The van der Waals surface area contributed by atoms with Gasteiger partial charge in [-0.25, -0.2) is 4.79 Å². The van der Waals surface area contributed by atoms with Gasteiger partial charge >= 0.3 is 5.97 Å². The molecule has 0 saturated carbocycles. The third-order valence-electron chi connectivity index (χ3n) is 3.76. The molecule has 2 aromatic rings. The molecule has 0 heterocycles. The molecule has 0 spiro atoms. The van der Waals surface area contributed by atoms with Gasteiger partial charge in [0, 0.05) is 6.04 Å². The van der Waals surface area contributed by atoms with E-state index in [1.54, 1.807) is 24.3 Å². The number of carbonyl (C=O) groups excluding carboxylic acids is 2. The zero-order valence-electron chi connectivity index (χ0n) is 14.5. The minimum atomic E-state index is -0.406. The van der Waals surface area contributed by atoms with Crippen LogP contribution >= 0.6 is 0 Å². The van der Waals surface area contributed by atoms with Gasteiger partial charge in [0.15, 0.2) is 6.61 Å². The molecule has 25 heavy (non-hydrogen) atoms. The molecule has 2 aromatic carbocycles. The Balaban J connectivity index is 1.71. The average Bonchev–Trinajstić information content (AvgIpc) is 2.65. The third-order valence-corrected chi connectivity index (χ3v) is 3.76. The summed E-state index contributed by atoms with van der Waals surface area (Å²) < 4.78 is 10.1. The molecule has 0 fully saturated rings. The standard InChI is InChI=1S/C20H23NO4/c1-15(8-9-16-6-4-3-5-7-16)21-19(22)14-25-18-12-10-17(11-13-18)20(23)24-2/h3-7,10-13,15H,8-9,14H2,1-2H3,(H,21,22)/t15-/m1/s1. The molecular formula is C20H23NO4. The molecule has 0 bridgehead atoms. The van der Waals surface area contributed by atoms with Crippen LogP contribution in [0.4, 0.5) is 0 Å². The first-order chi connectivity index (χ1) is 12.1. The number of rotatable bonds is 8. The lowest BCUT2D eigenvalue weighted by atomic mass is 10.1. The second-order valence-electron chi connectivity index (χ2n) is 5.80. The highest BCUT2D eigenvalue weighted by Gasteiger charge is 2.09. The van der Waals surface area contributed by atoms with Crippen LogP contribution in [0.1, 0.15) is 29.3 Å². The fourth-order valence-corrected chi connectivity index (χ4v) is 2.37. The van der Waals surface area contributed by atoms with Gasteiger partial charge in [-0.2, -0.15) is 0 Å². The Labute approximate surface area is 148 Å². The predicted octanol–water partition coefficient (Wildman–Crippen LogP) is 2.99. The molecule has 0 aliphatic heterocycles. The molecule has 0 radical (unpaired) electrons. The fourth-order valence-electron chi connectivity index (χ4n) is 2.37. The number of amides is 1. The minimum Gasteiger partial charge on any atom is -0.484 e. The van der Waals surface area contributed by atoms with Crippen molar-refractivity contribution in [1.29, 1.82) is 0 Å². The third kappa shape index (κ3) is 6.30. The van der Waals surface area contributed by atoms with Gasteiger partial charge in [0.1, 0.15) is 5.75 Å². The van der Waals surface area contributed by atoms with Gasteiger partial charge in [0.05, 0.1) is 12.7 Å². The van der Waals surface area contributed by atoms with E-state index < -0.39 is 5.97 Å². The van der Waals surface area contributed by atoms with Crippen molar-refractivity contribution in [2.75, 3.05) is 13.7 Å². The smallest absolute Gasteiger partial charge is 0.337 e. The van der Waals surface area contributed by atoms with Gasteiger partial charge in [-0.3, -0.25) is 4.79 Å². The maximum absolute atomic E-state index is 11.9. The van der Waals surface area contributed by atoms with Crippen molar-refractivity contribution in [3.05, 3.63) is 65.7 Å². The van der Waals surface area contributed by atoms with E-state index in [-0.39, 0.29) is 18.6 Å². The van der Waals surface area contributed by atoms with Crippen molar-refractivity contribution >= 4 is 11.9 Å². The largest absolute Gasteiger partial charge is 0.484 e. The van der Waals surface area contributed by atoms with Crippen molar-refractivity contribution in [2.45, 2.75) is 25.8 Å². The second kappa shape index (κ2) is 9.47. The van der Waals surface area contributed by atoms with Crippen molar-refractivity contribution in [2.24, 2.45) is 0 Å². The lowest BCUT2D eigenvalue weighted by Gasteiger charge is -2.14. The van der Waals surface area contributed by atoms with Crippen LogP contribution in [-0.2, 0) is 16.0 Å². The molecule has 1 atom stereocenters. The summed E-state index contributed by atoms with van der Waals surface area (Å²) in [6.07, 6.45) is 1.78. The fraction of sp³-hybridized carbons (Fsp3) is 0.300. The number of nitrogens with one attached hydrogen (secondary N) is 1. The van der Waals surface area contributed by atoms with Gasteiger partial charge in [-0.05, 0) is 49.6 Å². The van der Waals surface area contributed by atoms with E-state index in [0.717, 1.165) is 12.8 Å². The molecule has 5 nitrogen and oxygen atoms in total. The summed E-state index contributed by atoms with van der Waals surface area (Å²) in [6.45, 7) is 1.92. The number of esters is 1. The Bertz CT molecular complexity index is 683. The Morgan fingerprint density at radius 1 is 1.04 bits per heavy atom. The summed E-state index contributed by atoms with van der Waals surface area (Å²) in [5, 5.41) is 2.92. The first kappa shape index (κ1) is 18.5. The van der Waals surface area contributed by atoms with Crippen LogP contribution < -0.4 is 10.1 Å². The summed E-state index contributed by atoms with van der Waals surface area (Å²) in [5.74, 6) is -0.0473. The summed E-state index contributed by atoms with van der Waals surface area (Å²) in [4.78, 5) is 23.3. The predicted molar refractivity (Wildman–Crippen MR) is 95.6 cm³/mol. The average molecular weight is 341 g/mol. The van der Waals surface area contributed by atoms with Crippen molar-refractivity contribution in [3.8, 4) is 5.75 Å². The second-order valence-corrected chi connectivity index (χ2v) is 5.80. The van der Waals surface area contributed by atoms with Crippen LogP contribution in [0.2, 0.25) is 0 Å². The van der Waals surface area contributed by atoms with E-state index in [4.69, 9.17) is 4.74 Å². The highest BCUT2D eigenvalue weighted by molar-refractivity contribution is 5.89. The van der Waals surface area contributed by atoms with Crippen molar-refractivity contribution in [1.82, 2.24) is 5.32 Å². The summed E-state index contributed by atoms with van der Waals surface area (Å²) in [7, 11) is 1.33. The van der Waals surface area contributed by atoms with Crippen LogP contribution in [0.5, 0.6) is 5.75 Å². The van der Waals surface area contributed by atoms with Crippen LogP contribution in [0.15, 0.2) is 54.6 Å². The minimum absolute atomic E-state index is 0.0623. The molecule has 0 aliphatic rings. The van der Waals surface area contributed by atoms with E-state index in [2.05, 4.69) is 22.2 Å². The lowest BCUT2D eigenvalue weighted by Crippen LogP contribution is -2.36. The van der Waals surface area contributed by atoms with Gasteiger partial charge in [-0.1, -0.05) is 30.3 Å². The topological polar surface area (TPSA) is 64.6 Å². The number of hydrogen-bond acceptors (Lipinski definition) is 4. The number of carbonyl (C=O) groups is 2. The normalized spacial score (nSPS) is 11.4.